The first-order valence-corrected chi connectivity index (χ1v) is 9.32. The number of aliphatic hydroxyl groups excluding tert-OH is 2. The minimum atomic E-state index is -0.831. The molecule has 3 atom stereocenters. The highest BCUT2D eigenvalue weighted by atomic mass is 35.5. The average molecular weight is 418 g/mol. The molecular weight excluding hydrogens is 394 g/mol. The van der Waals surface area contributed by atoms with Crippen molar-refractivity contribution in [2.75, 3.05) is 13.2 Å². The Morgan fingerprint density at radius 1 is 1.10 bits per heavy atom. The lowest BCUT2D eigenvalue weighted by Crippen LogP contribution is -2.40. The summed E-state index contributed by atoms with van der Waals surface area (Å²) in [5.74, 6) is 0.618. The summed E-state index contributed by atoms with van der Waals surface area (Å²) in [5.41, 5.74) is 0.957. The minimum absolute atomic E-state index is 0. The summed E-state index contributed by atoms with van der Waals surface area (Å²) in [7, 11) is 0. The van der Waals surface area contributed by atoms with Gasteiger partial charge in [-0.1, -0.05) is 30.3 Å². The van der Waals surface area contributed by atoms with Crippen LogP contribution in [0.2, 0.25) is 0 Å². The predicted octanol–water partition coefficient (Wildman–Crippen LogP) is 2.30. The maximum Gasteiger partial charge on any atom is 0.287 e. The molecule has 2 aromatic carbocycles. The number of aromatic nitrogens is 2. The molecule has 1 unspecified atom stereocenters. The number of hydrogen-bond donors (Lipinski definition) is 4. The Balaban J connectivity index is 0.00000240. The van der Waals surface area contributed by atoms with E-state index in [0.717, 1.165) is 11.0 Å². The van der Waals surface area contributed by atoms with Gasteiger partial charge >= 0.3 is 0 Å². The summed E-state index contributed by atoms with van der Waals surface area (Å²) in [6.07, 6.45) is -0.965. The number of aromatic amines is 1. The average Bonchev–Trinajstić information content (AvgIpc) is 3.27. The van der Waals surface area contributed by atoms with Crippen molar-refractivity contribution in [1.82, 2.24) is 15.3 Å². The van der Waals surface area contributed by atoms with Crippen molar-refractivity contribution in [3.8, 4) is 5.75 Å². The summed E-state index contributed by atoms with van der Waals surface area (Å²) >= 11 is 0. The van der Waals surface area contributed by atoms with Crippen molar-refractivity contribution in [2.24, 2.45) is 5.41 Å². The molecule has 1 fully saturated rings. The zero-order valence-electron chi connectivity index (χ0n) is 15.7. The molecule has 1 amide bonds. The van der Waals surface area contributed by atoms with Crippen molar-refractivity contribution < 1.29 is 19.7 Å². The number of rotatable bonds is 6. The molecule has 8 heteroatoms. The minimum Gasteiger partial charge on any atom is -0.493 e. The first kappa shape index (κ1) is 21.1. The van der Waals surface area contributed by atoms with Crippen LogP contribution in [0.4, 0.5) is 0 Å². The van der Waals surface area contributed by atoms with Crippen LogP contribution >= 0.6 is 12.4 Å². The number of nitrogens with one attached hydrogen (secondary N) is 2. The molecule has 0 spiro atoms. The maximum absolute atomic E-state index is 12.6. The highest BCUT2D eigenvalue weighted by Crippen LogP contribution is 2.38. The standard InChI is InChI=1S/C21H23N3O4.ClH/c25-17-10-21(11-18(17)26,13-28-14-6-2-1-3-7-14)12-22-20(27)19-23-15-8-4-5-9-16(15)24-19;/h1-9,17-18,25-26H,10-13H2,(H,22,27)(H,23,24);1H/t17-,18+,21?;. The second-order valence-electron chi connectivity index (χ2n) is 7.43. The molecule has 0 saturated heterocycles. The number of fused-ring (bicyclic) bond motifs is 1. The summed E-state index contributed by atoms with van der Waals surface area (Å²) in [4.78, 5) is 19.9. The van der Waals surface area contributed by atoms with Gasteiger partial charge in [-0.2, -0.15) is 0 Å². The van der Waals surface area contributed by atoms with Gasteiger partial charge in [0.2, 0.25) is 0 Å². The number of H-pyrrole nitrogens is 1. The van der Waals surface area contributed by atoms with Gasteiger partial charge in [-0.3, -0.25) is 4.79 Å². The van der Waals surface area contributed by atoms with E-state index in [9.17, 15) is 15.0 Å². The molecule has 0 bridgehead atoms. The Labute approximate surface area is 174 Å². The van der Waals surface area contributed by atoms with Crippen molar-refractivity contribution >= 4 is 29.3 Å². The number of benzene rings is 2. The van der Waals surface area contributed by atoms with E-state index in [4.69, 9.17) is 4.74 Å². The monoisotopic (exact) mass is 417 g/mol. The molecule has 4 rings (SSSR count). The van der Waals surface area contributed by atoms with Crippen LogP contribution in [-0.2, 0) is 0 Å². The molecule has 3 aromatic rings. The zero-order chi connectivity index (χ0) is 19.6. The van der Waals surface area contributed by atoms with Gasteiger partial charge in [-0.05, 0) is 37.1 Å². The van der Waals surface area contributed by atoms with E-state index in [1.807, 2.05) is 54.6 Å². The molecule has 1 saturated carbocycles. The van der Waals surface area contributed by atoms with Crippen LogP contribution in [0.5, 0.6) is 5.75 Å². The predicted molar refractivity (Wildman–Crippen MR) is 111 cm³/mol. The smallest absolute Gasteiger partial charge is 0.287 e. The van der Waals surface area contributed by atoms with Gasteiger partial charge in [0, 0.05) is 12.0 Å². The number of carbonyl (C=O) groups is 1. The number of aliphatic hydroxyl groups is 2. The fourth-order valence-corrected chi connectivity index (χ4v) is 3.72. The van der Waals surface area contributed by atoms with Crippen LogP contribution in [0.3, 0.4) is 0 Å². The largest absolute Gasteiger partial charge is 0.493 e. The van der Waals surface area contributed by atoms with Crippen LogP contribution in [0.15, 0.2) is 54.6 Å². The third-order valence-corrected chi connectivity index (χ3v) is 5.25. The Morgan fingerprint density at radius 2 is 1.76 bits per heavy atom. The van der Waals surface area contributed by atoms with Gasteiger partial charge in [0.25, 0.3) is 5.91 Å². The normalized spacial score (nSPS) is 23.5. The van der Waals surface area contributed by atoms with Gasteiger partial charge in [-0.25, -0.2) is 4.98 Å². The number of ether oxygens (including phenoxy) is 1. The lowest BCUT2D eigenvalue weighted by Gasteiger charge is -2.29. The van der Waals surface area contributed by atoms with Gasteiger partial charge in [0.05, 0.1) is 29.8 Å². The van der Waals surface area contributed by atoms with E-state index in [-0.39, 0.29) is 37.3 Å². The second kappa shape index (κ2) is 8.82. The molecule has 1 aliphatic carbocycles. The van der Waals surface area contributed by atoms with Crippen LogP contribution in [0.1, 0.15) is 23.5 Å². The summed E-state index contributed by atoms with van der Waals surface area (Å²) in [5, 5.41) is 23.0. The topological polar surface area (TPSA) is 107 Å². The molecule has 29 heavy (non-hydrogen) atoms. The Morgan fingerprint density at radius 3 is 2.45 bits per heavy atom. The van der Waals surface area contributed by atoms with Crippen molar-refractivity contribution in [3.05, 3.63) is 60.4 Å². The lowest BCUT2D eigenvalue weighted by molar-refractivity contribution is 0.0438. The molecular formula is C21H24ClN3O4. The fourth-order valence-electron chi connectivity index (χ4n) is 3.72. The maximum atomic E-state index is 12.6. The molecule has 1 heterocycles. The van der Waals surface area contributed by atoms with Crippen LogP contribution in [0, 0.1) is 5.41 Å². The molecule has 7 nitrogen and oxygen atoms in total. The quantitative estimate of drug-likeness (QED) is 0.492. The van der Waals surface area contributed by atoms with E-state index in [1.165, 1.54) is 0 Å². The molecule has 4 N–H and O–H groups in total. The summed E-state index contributed by atoms with van der Waals surface area (Å²) in [6, 6.07) is 16.8. The highest BCUT2D eigenvalue weighted by Gasteiger charge is 2.45. The van der Waals surface area contributed by atoms with E-state index in [0.29, 0.717) is 18.6 Å². The third-order valence-electron chi connectivity index (χ3n) is 5.25. The van der Waals surface area contributed by atoms with Crippen LogP contribution in [-0.4, -0.2) is 51.4 Å². The van der Waals surface area contributed by atoms with Gasteiger partial charge in [0.15, 0.2) is 5.82 Å². The van der Waals surface area contributed by atoms with Crippen LogP contribution < -0.4 is 10.1 Å². The number of imidazole rings is 1. The number of para-hydroxylation sites is 3. The molecule has 1 aliphatic rings. The second-order valence-corrected chi connectivity index (χ2v) is 7.43. The van der Waals surface area contributed by atoms with Gasteiger partial charge < -0.3 is 25.3 Å². The van der Waals surface area contributed by atoms with Gasteiger partial charge in [-0.15, -0.1) is 12.4 Å². The number of hydrogen-bond acceptors (Lipinski definition) is 5. The third kappa shape index (κ3) is 4.70. The van der Waals surface area contributed by atoms with Crippen LogP contribution in [0.25, 0.3) is 11.0 Å². The van der Waals surface area contributed by atoms with E-state index < -0.39 is 17.6 Å². The van der Waals surface area contributed by atoms with E-state index in [1.54, 1.807) is 0 Å². The van der Waals surface area contributed by atoms with Crippen molar-refractivity contribution in [3.63, 3.8) is 0 Å². The number of halogens is 1. The zero-order valence-corrected chi connectivity index (χ0v) is 16.6. The molecule has 0 radical (unpaired) electrons. The Bertz CT molecular complexity index is 920. The summed E-state index contributed by atoms with van der Waals surface area (Å²) < 4.78 is 5.88. The van der Waals surface area contributed by atoms with Crippen molar-refractivity contribution in [2.45, 2.75) is 25.0 Å². The number of amides is 1. The number of nitrogens with zero attached hydrogens (tertiary/aromatic N) is 1. The number of carbonyl (C=O) groups excluding carboxylic acids is 1. The Kier molecular flexibility index (Phi) is 6.42. The molecule has 154 valence electrons. The lowest BCUT2D eigenvalue weighted by atomic mass is 9.86. The van der Waals surface area contributed by atoms with Gasteiger partial charge in [0.1, 0.15) is 5.75 Å². The first-order valence-electron chi connectivity index (χ1n) is 9.32. The molecule has 1 aromatic heterocycles. The SMILES string of the molecule is Cl.O=C(NCC1(COc2ccccc2)C[C@@H](O)[C@@H](O)C1)c1nc2ccccc2[nH]1. The van der Waals surface area contributed by atoms with Crippen molar-refractivity contribution in [1.29, 1.82) is 0 Å². The first-order chi connectivity index (χ1) is 13.5. The summed E-state index contributed by atoms with van der Waals surface area (Å²) in [6.45, 7) is 0.551. The fraction of sp³-hybridized carbons (Fsp3) is 0.333. The van der Waals surface area contributed by atoms with E-state index >= 15 is 0 Å². The Hall–Kier alpha value is -2.61. The van der Waals surface area contributed by atoms with E-state index in [2.05, 4.69) is 15.3 Å². The molecule has 0 aliphatic heterocycles. The highest BCUT2D eigenvalue weighted by molar-refractivity contribution is 5.94.